The molecule has 0 aliphatic carbocycles. The average molecular weight is 253 g/mol. The number of rotatable bonds is 2. The molecule has 1 aromatic heterocycles. The van der Waals surface area contributed by atoms with Crippen LogP contribution in [0.2, 0.25) is 0 Å². The average Bonchev–Trinajstić information content (AvgIpc) is 2.70. The van der Waals surface area contributed by atoms with Crippen molar-refractivity contribution in [3.8, 4) is 0 Å². The van der Waals surface area contributed by atoms with Gasteiger partial charge in [0.05, 0.1) is 21.6 Å². The number of thiazole rings is 1. The van der Waals surface area contributed by atoms with Crippen LogP contribution >= 0.6 is 11.3 Å². The SMILES string of the molecule is Cc1ccc(F)c(C(=O)c2scnc2C)c1F. The molecule has 2 rings (SSSR count). The molecule has 0 saturated heterocycles. The third kappa shape index (κ3) is 1.98. The molecular weight excluding hydrogens is 244 g/mol. The number of nitrogens with zero attached hydrogens (tertiary/aromatic N) is 1. The highest BCUT2D eigenvalue weighted by Gasteiger charge is 2.23. The van der Waals surface area contributed by atoms with Crippen molar-refractivity contribution >= 4 is 17.1 Å². The molecule has 0 spiro atoms. The molecule has 0 fully saturated rings. The zero-order chi connectivity index (χ0) is 12.6. The first kappa shape index (κ1) is 11.9. The van der Waals surface area contributed by atoms with Crippen molar-refractivity contribution in [1.82, 2.24) is 4.98 Å². The van der Waals surface area contributed by atoms with E-state index in [1.54, 1.807) is 6.92 Å². The quantitative estimate of drug-likeness (QED) is 0.769. The van der Waals surface area contributed by atoms with Crippen molar-refractivity contribution in [1.29, 1.82) is 0 Å². The largest absolute Gasteiger partial charge is 0.287 e. The van der Waals surface area contributed by atoms with Gasteiger partial charge < -0.3 is 0 Å². The summed E-state index contributed by atoms with van der Waals surface area (Å²) in [4.78, 5) is 16.2. The summed E-state index contributed by atoms with van der Waals surface area (Å²) in [5, 5.41) is 0. The van der Waals surface area contributed by atoms with Crippen LogP contribution in [0.3, 0.4) is 0 Å². The highest BCUT2D eigenvalue weighted by atomic mass is 32.1. The second kappa shape index (κ2) is 4.33. The van der Waals surface area contributed by atoms with Crippen molar-refractivity contribution in [3.63, 3.8) is 0 Å². The maximum atomic E-state index is 13.8. The third-order valence-corrected chi connectivity index (χ3v) is 3.39. The van der Waals surface area contributed by atoms with E-state index in [0.717, 1.165) is 17.4 Å². The number of hydrogen-bond acceptors (Lipinski definition) is 3. The monoisotopic (exact) mass is 253 g/mol. The fourth-order valence-corrected chi connectivity index (χ4v) is 2.25. The summed E-state index contributed by atoms with van der Waals surface area (Å²) in [6.07, 6.45) is 0. The van der Waals surface area contributed by atoms with Gasteiger partial charge in [-0.3, -0.25) is 4.79 Å². The van der Waals surface area contributed by atoms with Gasteiger partial charge in [0.2, 0.25) is 5.78 Å². The van der Waals surface area contributed by atoms with Gasteiger partial charge in [-0.2, -0.15) is 0 Å². The van der Waals surface area contributed by atoms with Gasteiger partial charge in [0, 0.05) is 0 Å². The number of halogens is 2. The predicted molar refractivity (Wildman–Crippen MR) is 61.4 cm³/mol. The summed E-state index contributed by atoms with van der Waals surface area (Å²) < 4.78 is 27.3. The molecule has 17 heavy (non-hydrogen) atoms. The Bertz CT molecular complexity index is 592. The number of benzene rings is 1. The number of ketones is 1. The second-order valence-electron chi connectivity index (χ2n) is 3.65. The molecule has 88 valence electrons. The smallest absolute Gasteiger partial charge is 0.210 e. The second-order valence-corrected chi connectivity index (χ2v) is 4.50. The summed E-state index contributed by atoms with van der Waals surface area (Å²) >= 11 is 1.08. The number of aromatic nitrogens is 1. The lowest BCUT2D eigenvalue weighted by Crippen LogP contribution is -2.08. The fraction of sp³-hybridized carbons (Fsp3) is 0.167. The van der Waals surface area contributed by atoms with Gasteiger partial charge in [0.1, 0.15) is 11.6 Å². The third-order valence-electron chi connectivity index (χ3n) is 2.46. The first-order chi connectivity index (χ1) is 8.02. The maximum Gasteiger partial charge on any atom is 0.210 e. The van der Waals surface area contributed by atoms with Crippen molar-refractivity contribution in [3.05, 3.63) is 51.0 Å². The van der Waals surface area contributed by atoms with E-state index in [-0.39, 0.29) is 10.4 Å². The molecule has 2 aromatic rings. The van der Waals surface area contributed by atoms with Gasteiger partial charge in [-0.05, 0) is 25.5 Å². The van der Waals surface area contributed by atoms with E-state index >= 15 is 0 Å². The highest BCUT2D eigenvalue weighted by molar-refractivity contribution is 7.12. The maximum absolute atomic E-state index is 13.8. The van der Waals surface area contributed by atoms with E-state index in [1.807, 2.05) is 0 Å². The first-order valence-corrected chi connectivity index (χ1v) is 5.79. The molecule has 0 aliphatic heterocycles. The Morgan fingerprint density at radius 1 is 1.29 bits per heavy atom. The van der Waals surface area contributed by atoms with Gasteiger partial charge in [-0.15, -0.1) is 11.3 Å². The van der Waals surface area contributed by atoms with Crippen LogP contribution < -0.4 is 0 Å². The van der Waals surface area contributed by atoms with Gasteiger partial charge in [0.25, 0.3) is 0 Å². The summed E-state index contributed by atoms with van der Waals surface area (Å²) in [6, 6.07) is 2.41. The van der Waals surface area contributed by atoms with Crippen molar-refractivity contribution in [2.75, 3.05) is 0 Å². The van der Waals surface area contributed by atoms with E-state index in [0.29, 0.717) is 5.69 Å². The van der Waals surface area contributed by atoms with Gasteiger partial charge in [-0.25, -0.2) is 13.8 Å². The Balaban J connectivity index is 2.59. The lowest BCUT2D eigenvalue weighted by molar-refractivity contribution is 0.103. The Kier molecular flexibility index (Phi) is 3.02. The topological polar surface area (TPSA) is 30.0 Å². The minimum atomic E-state index is -0.842. The Labute approximate surface area is 101 Å². The molecule has 0 saturated carbocycles. The normalized spacial score (nSPS) is 10.6. The van der Waals surface area contributed by atoms with E-state index in [2.05, 4.69) is 4.98 Å². The number of hydrogen-bond donors (Lipinski definition) is 0. The molecule has 0 radical (unpaired) electrons. The lowest BCUT2D eigenvalue weighted by atomic mass is 10.0. The predicted octanol–water partition coefficient (Wildman–Crippen LogP) is 3.27. The summed E-state index contributed by atoms with van der Waals surface area (Å²) in [5.41, 5.74) is 1.71. The van der Waals surface area contributed by atoms with Crippen LogP contribution in [0, 0.1) is 25.5 Å². The molecule has 0 N–H and O–H groups in total. The molecule has 0 unspecified atom stereocenters. The molecular formula is C12H9F2NOS. The zero-order valence-electron chi connectivity index (χ0n) is 9.25. The molecule has 0 bridgehead atoms. The number of carbonyl (C=O) groups excluding carboxylic acids is 1. The lowest BCUT2D eigenvalue weighted by Gasteiger charge is -2.05. The van der Waals surface area contributed by atoms with E-state index in [4.69, 9.17) is 0 Å². The Hall–Kier alpha value is -1.62. The summed E-state index contributed by atoms with van der Waals surface area (Å²) in [7, 11) is 0. The highest BCUT2D eigenvalue weighted by Crippen LogP contribution is 2.23. The minimum Gasteiger partial charge on any atom is -0.287 e. The molecule has 0 atom stereocenters. The van der Waals surface area contributed by atoms with E-state index < -0.39 is 23.0 Å². The fourth-order valence-electron chi connectivity index (χ4n) is 1.50. The van der Waals surface area contributed by atoms with Gasteiger partial charge in [-0.1, -0.05) is 6.07 Å². The summed E-state index contributed by atoms with van der Waals surface area (Å²) in [6.45, 7) is 3.13. The van der Waals surface area contributed by atoms with Crippen LogP contribution in [0.1, 0.15) is 26.5 Å². The molecule has 2 nitrogen and oxygen atoms in total. The van der Waals surface area contributed by atoms with Crippen LogP contribution in [0.25, 0.3) is 0 Å². The first-order valence-electron chi connectivity index (χ1n) is 4.91. The summed E-state index contributed by atoms with van der Waals surface area (Å²) in [5.74, 6) is -2.29. The van der Waals surface area contributed by atoms with Crippen molar-refractivity contribution in [2.45, 2.75) is 13.8 Å². The van der Waals surface area contributed by atoms with Crippen LogP contribution in [0.5, 0.6) is 0 Å². The van der Waals surface area contributed by atoms with Crippen molar-refractivity contribution in [2.24, 2.45) is 0 Å². The Morgan fingerprint density at radius 3 is 2.59 bits per heavy atom. The molecule has 1 aromatic carbocycles. The molecule has 0 aliphatic rings. The standard InChI is InChI=1S/C12H9F2NOS/c1-6-3-4-8(13)9(10(6)14)11(16)12-7(2)15-5-17-12/h3-5H,1-2H3. The van der Waals surface area contributed by atoms with Crippen LogP contribution in [-0.2, 0) is 0 Å². The van der Waals surface area contributed by atoms with Gasteiger partial charge in [0.15, 0.2) is 0 Å². The molecule has 0 amide bonds. The van der Waals surface area contributed by atoms with Crippen molar-refractivity contribution < 1.29 is 13.6 Å². The zero-order valence-corrected chi connectivity index (χ0v) is 10.1. The van der Waals surface area contributed by atoms with Crippen LogP contribution in [0.15, 0.2) is 17.6 Å². The van der Waals surface area contributed by atoms with E-state index in [1.165, 1.54) is 18.5 Å². The number of carbonyl (C=O) groups is 1. The van der Waals surface area contributed by atoms with Crippen LogP contribution in [-0.4, -0.2) is 10.8 Å². The van der Waals surface area contributed by atoms with Gasteiger partial charge >= 0.3 is 0 Å². The van der Waals surface area contributed by atoms with Crippen LogP contribution in [0.4, 0.5) is 8.78 Å². The number of aryl methyl sites for hydroxylation is 2. The molecule has 5 heteroatoms. The molecule has 1 heterocycles. The minimum absolute atomic E-state index is 0.247. The van der Waals surface area contributed by atoms with E-state index in [9.17, 15) is 13.6 Å². The Morgan fingerprint density at radius 2 is 2.00 bits per heavy atom.